The van der Waals surface area contributed by atoms with Crippen molar-refractivity contribution in [3.8, 4) is 5.75 Å². The zero-order chi connectivity index (χ0) is 23.1. The quantitative estimate of drug-likeness (QED) is 0.355. The first kappa shape index (κ1) is 23.4. The molecular formula is C24H32BrN5O. The summed E-state index contributed by atoms with van der Waals surface area (Å²) >= 11 is 3.44. The molecule has 0 amide bonds. The molecule has 0 bridgehead atoms. The third-order valence-electron chi connectivity index (χ3n) is 5.83. The highest BCUT2D eigenvalue weighted by atomic mass is 79.9. The minimum Gasteiger partial charge on any atom is -0.506 e. The Kier molecular flexibility index (Phi) is 6.31. The summed E-state index contributed by atoms with van der Waals surface area (Å²) in [7, 11) is 1.94. The second kappa shape index (κ2) is 8.36. The van der Waals surface area contributed by atoms with E-state index in [1.165, 1.54) is 0 Å². The van der Waals surface area contributed by atoms with Crippen molar-refractivity contribution in [2.24, 2.45) is 0 Å². The van der Waals surface area contributed by atoms with Gasteiger partial charge in [-0.3, -0.25) is 10.4 Å². The molecule has 0 unspecified atom stereocenters. The predicted molar refractivity (Wildman–Crippen MR) is 132 cm³/mol. The highest BCUT2D eigenvalue weighted by molar-refractivity contribution is 9.10. The molecule has 0 atom stereocenters. The van der Waals surface area contributed by atoms with E-state index in [2.05, 4.69) is 53.9 Å². The molecule has 1 aliphatic heterocycles. The summed E-state index contributed by atoms with van der Waals surface area (Å²) in [5, 5.41) is 32.1. The summed E-state index contributed by atoms with van der Waals surface area (Å²) in [6.07, 6.45) is 6.83. The zero-order valence-electron chi connectivity index (χ0n) is 19.1. The summed E-state index contributed by atoms with van der Waals surface area (Å²) in [5.74, 6) is 0.354. The summed E-state index contributed by atoms with van der Waals surface area (Å²) in [6, 6.07) is 3.89. The van der Waals surface area contributed by atoms with Gasteiger partial charge in [0, 0.05) is 41.3 Å². The molecule has 2 heterocycles. The fourth-order valence-electron chi connectivity index (χ4n) is 4.64. The van der Waals surface area contributed by atoms with Crippen molar-refractivity contribution in [3.05, 3.63) is 46.1 Å². The topological polar surface area (TPSA) is 96.1 Å². The van der Waals surface area contributed by atoms with Crippen molar-refractivity contribution in [3.63, 3.8) is 0 Å². The summed E-state index contributed by atoms with van der Waals surface area (Å²) in [4.78, 5) is 6.40. The van der Waals surface area contributed by atoms with Crippen LogP contribution in [0.5, 0.6) is 5.75 Å². The molecule has 1 fully saturated rings. The molecule has 0 aliphatic carbocycles. The Morgan fingerprint density at radius 3 is 2.42 bits per heavy atom. The van der Waals surface area contributed by atoms with E-state index in [-0.39, 0.29) is 28.6 Å². The largest absolute Gasteiger partial charge is 0.506 e. The zero-order valence-corrected chi connectivity index (χ0v) is 20.7. The first-order valence-corrected chi connectivity index (χ1v) is 11.2. The van der Waals surface area contributed by atoms with Gasteiger partial charge in [0.2, 0.25) is 0 Å². The van der Waals surface area contributed by atoms with E-state index in [1.807, 2.05) is 24.9 Å². The molecule has 0 radical (unpaired) electrons. The number of aryl methyl sites for hydroxylation is 1. The van der Waals surface area contributed by atoms with Crippen LogP contribution >= 0.6 is 15.9 Å². The predicted octanol–water partition coefficient (Wildman–Crippen LogP) is 5.15. The lowest BCUT2D eigenvalue weighted by Crippen LogP contribution is -2.62. The Hall–Kier alpha value is -2.25. The van der Waals surface area contributed by atoms with Crippen LogP contribution in [-0.4, -0.2) is 50.7 Å². The van der Waals surface area contributed by atoms with Crippen molar-refractivity contribution < 1.29 is 5.11 Å². The van der Waals surface area contributed by atoms with Crippen LogP contribution in [0, 0.1) is 17.7 Å². The number of aromatic hydroxyl groups is 1. The van der Waals surface area contributed by atoms with Crippen LogP contribution in [0.4, 0.5) is 0 Å². The number of aromatic nitrogens is 1. The third kappa shape index (κ3) is 5.15. The lowest BCUT2D eigenvalue weighted by atomic mass is 9.79. The van der Waals surface area contributed by atoms with E-state index in [1.54, 1.807) is 24.4 Å². The van der Waals surface area contributed by atoms with E-state index < -0.39 is 0 Å². The maximum atomic E-state index is 10.6. The number of fused-ring (bicyclic) bond motifs is 1. The lowest BCUT2D eigenvalue weighted by molar-refractivity contribution is 0.114. The minimum absolute atomic E-state index is 0.00804. The molecule has 31 heavy (non-hydrogen) atoms. The Labute approximate surface area is 192 Å². The molecule has 6 nitrogen and oxygen atoms in total. The van der Waals surface area contributed by atoms with Gasteiger partial charge in [0.15, 0.2) is 0 Å². The first-order chi connectivity index (χ1) is 14.3. The van der Waals surface area contributed by atoms with Gasteiger partial charge in [-0.15, -0.1) is 0 Å². The van der Waals surface area contributed by atoms with Crippen LogP contribution in [-0.2, 0) is 0 Å². The van der Waals surface area contributed by atoms with Gasteiger partial charge in [-0.05, 0) is 93.2 Å². The first-order valence-electron chi connectivity index (χ1n) is 10.5. The number of phenolic OH excluding ortho intramolecular Hbond substituents is 1. The SMILES string of the molecule is Cc1cnc2cc(C(=N)/C=C\C(=N)N(C)C3CC(C)(C)NC(C)(C)C3)c(O)c(Br)c2c1. The Balaban J connectivity index is 1.80. The highest BCUT2D eigenvalue weighted by Gasteiger charge is 2.39. The van der Waals surface area contributed by atoms with Crippen molar-refractivity contribution >= 4 is 38.4 Å². The van der Waals surface area contributed by atoms with Crippen molar-refractivity contribution in [1.29, 1.82) is 10.8 Å². The maximum Gasteiger partial charge on any atom is 0.139 e. The second-order valence-corrected chi connectivity index (χ2v) is 10.7. The van der Waals surface area contributed by atoms with Crippen LogP contribution in [0.25, 0.3) is 10.9 Å². The van der Waals surface area contributed by atoms with Gasteiger partial charge >= 0.3 is 0 Å². The number of pyridine rings is 1. The number of hydrogen-bond donors (Lipinski definition) is 4. The maximum absolute atomic E-state index is 10.6. The number of halogens is 1. The summed E-state index contributed by atoms with van der Waals surface area (Å²) in [6.45, 7) is 10.7. The van der Waals surface area contributed by atoms with Crippen LogP contribution in [0.1, 0.15) is 51.7 Å². The summed E-state index contributed by atoms with van der Waals surface area (Å²) in [5.41, 5.74) is 2.20. The fourth-order valence-corrected chi connectivity index (χ4v) is 5.17. The van der Waals surface area contributed by atoms with Crippen LogP contribution in [0.2, 0.25) is 0 Å². The fraction of sp³-hybridized carbons (Fsp3) is 0.458. The van der Waals surface area contributed by atoms with Gasteiger partial charge in [-0.25, -0.2) is 0 Å². The van der Waals surface area contributed by atoms with Crippen molar-refractivity contribution in [2.45, 2.75) is 64.6 Å². The molecule has 7 heteroatoms. The van der Waals surface area contributed by atoms with Gasteiger partial charge in [-0.2, -0.15) is 0 Å². The molecule has 2 aromatic rings. The Morgan fingerprint density at radius 2 is 1.81 bits per heavy atom. The third-order valence-corrected chi connectivity index (χ3v) is 6.63. The minimum atomic E-state index is -0.00804. The average Bonchev–Trinajstić information content (AvgIpc) is 2.66. The van der Waals surface area contributed by atoms with E-state index in [0.29, 0.717) is 21.4 Å². The summed E-state index contributed by atoms with van der Waals surface area (Å²) < 4.78 is 0.528. The molecule has 1 saturated heterocycles. The second-order valence-electron chi connectivity index (χ2n) is 9.86. The number of piperidine rings is 1. The average molecular weight is 486 g/mol. The Bertz CT molecular complexity index is 1060. The molecule has 4 N–H and O–H groups in total. The number of nitrogens with one attached hydrogen (secondary N) is 3. The van der Waals surface area contributed by atoms with Gasteiger partial charge in [0.25, 0.3) is 0 Å². The van der Waals surface area contributed by atoms with Crippen molar-refractivity contribution in [2.75, 3.05) is 7.05 Å². The van der Waals surface area contributed by atoms with Gasteiger partial charge < -0.3 is 20.7 Å². The molecule has 0 saturated carbocycles. The van der Waals surface area contributed by atoms with Crippen LogP contribution in [0.3, 0.4) is 0 Å². The monoisotopic (exact) mass is 485 g/mol. The number of allylic oxidation sites excluding steroid dienone is 1. The molecular weight excluding hydrogens is 454 g/mol. The lowest BCUT2D eigenvalue weighted by Gasteiger charge is -2.49. The van der Waals surface area contributed by atoms with E-state index >= 15 is 0 Å². The number of rotatable bonds is 4. The Morgan fingerprint density at radius 1 is 1.19 bits per heavy atom. The number of amidine groups is 1. The van der Waals surface area contributed by atoms with Crippen LogP contribution in [0.15, 0.2) is 35.0 Å². The van der Waals surface area contributed by atoms with Gasteiger partial charge in [0.1, 0.15) is 11.6 Å². The molecule has 1 aliphatic rings. The van der Waals surface area contributed by atoms with E-state index in [4.69, 9.17) is 10.8 Å². The molecule has 3 rings (SSSR count). The number of nitrogens with zero attached hydrogens (tertiary/aromatic N) is 2. The number of likely N-dealkylation sites (N-methyl/N-ethyl adjacent to an activating group) is 1. The normalized spacial score (nSPS) is 18.4. The van der Waals surface area contributed by atoms with E-state index in [0.717, 1.165) is 23.8 Å². The number of phenols is 1. The standard InChI is InChI=1S/C24H32BrN5O/c1-14-9-17-19(28-13-14)10-16(22(31)21(17)25)18(26)7-8-20(27)30(6)15-11-23(2,3)29-24(4,5)12-15/h7-10,13,15,26-27,29,31H,11-12H2,1-6H3/b8-7-,26-18?,27-20?. The van der Waals surface area contributed by atoms with Crippen LogP contribution < -0.4 is 5.32 Å². The van der Waals surface area contributed by atoms with Gasteiger partial charge in [0.05, 0.1) is 15.7 Å². The number of hydrogen-bond acceptors (Lipinski definition) is 5. The number of benzene rings is 1. The molecule has 1 aromatic carbocycles. The molecule has 1 aromatic heterocycles. The van der Waals surface area contributed by atoms with Crippen molar-refractivity contribution in [1.82, 2.24) is 15.2 Å². The molecule has 0 spiro atoms. The van der Waals surface area contributed by atoms with Gasteiger partial charge in [-0.1, -0.05) is 0 Å². The smallest absolute Gasteiger partial charge is 0.139 e. The highest BCUT2D eigenvalue weighted by Crippen LogP contribution is 2.36. The van der Waals surface area contributed by atoms with E-state index in [9.17, 15) is 5.11 Å². The molecule has 166 valence electrons.